The lowest BCUT2D eigenvalue weighted by Gasteiger charge is -1.90. The molecular formula is C10H25ClN2O3. The van der Waals surface area contributed by atoms with E-state index in [4.69, 9.17) is 5.11 Å². The van der Waals surface area contributed by atoms with Crippen LogP contribution in [0.1, 0.15) is 13.3 Å². The summed E-state index contributed by atoms with van der Waals surface area (Å²) in [6.07, 6.45) is -0.361. The second-order valence-electron chi connectivity index (χ2n) is 3.96. The average molecular weight is 257 g/mol. The first kappa shape index (κ1) is 24.5. The van der Waals surface area contributed by atoms with Crippen molar-refractivity contribution >= 4 is 24.2 Å². The molecule has 0 aliphatic heterocycles. The molecule has 0 unspecified atom stereocenters. The van der Waals surface area contributed by atoms with Crippen molar-refractivity contribution in [3.05, 3.63) is 0 Å². The van der Waals surface area contributed by atoms with Gasteiger partial charge in [-0.1, -0.05) is 0 Å². The molecule has 0 saturated heterocycles. The Morgan fingerprint density at radius 3 is 1.12 bits per heavy atom. The van der Waals surface area contributed by atoms with Crippen LogP contribution in [-0.4, -0.2) is 68.9 Å². The Morgan fingerprint density at radius 2 is 1.12 bits per heavy atom. The second-order valence-corrected chi connectivity index (χ2v) is 3.96. The van der Waals surface area contributed by atoms with E-state index in [-0.39, 0.29) is 24.6 Å². The maximum Gasteiger partial charge on any atom is 0.310 e. The van der Waals surface area contributed by atoms with E-state index >= 15 is 0 Å². The van der Waals surface area contributed by atoms with Crippen LogP contribution in [0, 0.1) is 0 Å². The van der Waals surface area contributed by atoms with Gasteiger partial charge in [0.15, 0.2) is 0 Å². The number of Topliss-reactive ketones (excluding diaryl/α,β-unsaturated/α-hetero) is 1. The highest BCUT2D eigenvalue weighted by Gasteiger charge is 1.98. The van der Waals surface area contributed by atoms with E-state index in [1.165, 1.54) is 6.92 Å². The molecule has 1 N–H and O–H groups in total. The number of carbonyl (C=O) groups excluding carboxylic acids is 1. The van der Waals surface area contributed by atoms with Crippen molar-refractivity contribution in [1.29, 1.82) is 0 Å². The average Bonchev–Trinajstić information content (AvgIpc) is 1.78. The van der Waals surface area contributed by atoms with E-state index in [1.807, 2.05) is 52.1 Å². The van der Waals surface area contributed by atoms with Crippen LogP contribution in [0.3, 0.4) is 0 Å². The Hall–Kier alpha value is -0.650. The second kappa shape index (κ2) is 16.8. The molecule has 0 rings (SSSR count). The largest absolute Gasteiger partial charge is 0.481 e. The molecule has 0 aromatic rings. The summed E-state index contributed by atoms with van der Waals surface area (Å²) >= 11 is 0. The highest BCUT2D eigenvalue weighted by atomic mass is 35.5. The first-order chi connectivity index (χ1) is 6.59. The van der Waals surface area contributed by atoms with Gasteiger partial charge >= 0.3 is 5.97 Å². The molecule has 0 radical (unpaired) electrons. The quantitative estimate of drug-likeness (QED) is 0.742. The van der Waals surface area contributed by atoms with Crippen LogP contribution >= 0.6 is 12.4 Å². The van der Waals surface area contributed by atoms with Gasteiger partial charge in [0.1, 0.15) is 12.2 Å². The summed E-state index contributed by atoms with van der Waals surface area (Å²) in [5.41, 5.74) is 0. The van der Waals surface area contributed by atoms with Crippen molar-refractivity contribution in [3.8, 4) is 0 Å². The standard InChI is InChI=1S/C4H6O3.2C3H9N.ClH/c1-3(5)2-4(6)7;2*1-4(2)3;/h2H2,1H3,(H,6,7);2*1-3H3;1H. The number of halogens is 1. The summed E-state index contributed by atoms with van der Waals surface area (Å²) in [6, 6.07) is 0. The molecule has 0 bridgehead atoms. The van der Waals surface area contributed by atoms with Gasteiger partial charge in [-0.3, -0.25) is 9.59 Å². The third-order valence-electron chi connectivity index (χ3n) is 0.400. The minimum absolute atomic E-state index is 0. The number of carbonyl (C=O) groups is 2. The molecule has 5 nitrogen and oxygen atoms in total. The maximum absolute atomic E-state index is 9.87. The number of rotatable bonds is 2. The Balaban J connectivity index is -0.0000000700. The monoisotopic (exact) mass is 256 g/mol. The molecule has 16 heavy (non-hydrogen) atoms. The fourth-order valence-electron chi connectivity index (χ4n) is 0.213. The molecule has 0 atom stereocenters. The fourth-order valence-corrected chi connectivity index (χ4v) is 0.213. The third kappa shape index (κ3) is 181. The molecule has 0 aromatic heterocycles. The summed E-state index contributed by atoms with van der Waals surface area (Å²) in [4.78, 5) is 23.5. The number of hydrogen-bond donors (Lipinski definition) is 1. The van der Waals surface area contributed by atoms with Crippen LogP contribution in [-0.2, 0) is 9.59 Å². The lowest BCUT2D eigenvalue weighted by molar-refractivity contribution is -0.139. The number of carboxylic acid groups (broad SMARTS) is 1. The highest BCUT2D eigenvalue weighted by molar-refractivity contribution is 5.93. The van der Waals surface area contributed by atoms with Gasteiger partial charge in [0.05, 0.1) is 0 Å². The van der Waals surface area contributed by atoms with Crippen molar-refractivity contribution in [2.24, 2.45) is 0 Å². The van der Waals surface area contributed by atoms with E-state index in [0.717, 1.165) is 0 Å². The predicted molar refractivity (Wildman–Crippen MR) is 69.4 cm³/mol. The number of hydrogen-bond acceptors (Lipinski definition) is 4. The zero-order valence-electron chi connectivity index (χ0n) is 11.3. The van der Waals surface area contributed by atoms with Crippen LogP contribution in [0.5, 0.6) is 0 Å². The van der Waals surface area contributed by atoms with Gasteiger partial charge in [-0.05, 0) is 49.2 Å². The molecule has 6 heteroatoms. The van der Waals surface area contributed by atoms with Gasteiger partial charge in [0.25, 0.3) is 0 Å². The van der Waals surface area contributed by atoms with Crippen molar-refractivity contribution in [1.82, 2.24) is 9.80 Å². The van der Waals surface area contributed by atoms with Crippen LogP contribution in [0.15, 0.2) is 0 Å². The van der Waals surface area contributed by atoms with E-state index in [9.17, 15) is 9.59 Å². The minimum Gasteiger partial charge on any atom is -0.481 e. The molecule has 0 aliphatic rings. The predicted octanol–water partition coefficient (Wildman–Crippen LogP) is 0.827. The van der Waals surface area contributed by atoms with E-state index in [2.05, 4.69) is 0 Å². The highest BCUT2D eigenvalue weighted by Crippen LogP contribution is 1.77. The van der Waals surface area contributed by atoms with Gasteiger partial charge in [-0.25, -0.2) is 0 Å². The topological polar surface area (TPSA) is 60.9 Å². The van der Waals surface area contributed by atoms with Crippen LogP contribution in [0.4, 0.5) is 0 Å². The summed E-state index contributed by atoms with van der Waals surface area (Å²) in [5, 5.41) is 7.86. The van der Waals surface area contributed by atoms with Gasteiger partial charge in [-0.15, -0.1) is 12.4 Å². The van der Waals surface area contributed by atoms with E-state index < -0.39 is 5.97 Å². The van der Waals surface area contributed by atoms with Gasteiger partial charge in [0, 0.05) is 0 Å². The SMILES string of the molecule is CC(=O)CC(=O)O.CN(C)C.CN(C)C.Cl. The first-order valence-electron chi connectivity index (χ1n) is 4.52. The minimum atomic E-state index is -1.06. The molecule has 0 fully saturated rings. The lowest BCUT2D eigenvalue weighted by atomic mass is 10.3. The Labute approximate surface area is 105 Å². The van der Waals surface area contributed by atoms with E-state index in [1.54, 1.807) is 0 Å². The normalized spacial score (nSPS) is 8.06. The molecule has 100 valence electrons. The van der Waals surface area contributed by atoms with E-state index in [0.29, 0.717) is 0 Å². The molecule has 0 aliphatic carbocycles. The Morgan fingerprint density at radius 1 is 0.938 bits per heavy atom. The van der Waals surface area contributed by atoms with Crippen molar-refractivity contribution in [2.45, 2.75) is 13.3 Å². The lowest BCUT2D eigenvalue weighted by Crippen LogP contribution is -2.00. The molecule has 0 amide bonds. The molecule has 0 heterocycles. The van der Waals surface area contributed by atoms with Crippen LogP contribution in [0.25, 0.3) is 0 Å². The van der Waals surface area contributed by atoms with Gasteiger partial charge in [-0.2, -0.15) is 0 Å². The Bertz CT molecular complexity index is 150. The van der Waals surface area contributed by atoms with Crippen molar-refractivity contribution in [2.75, 3.05) is 42.3 Å². The number of ketones is 1. The Kier molecular flexibility index (Phi) is 25.7. The van der Waals surface area contributed by atoms with Crippen molar-refractivity contribution in [3.63, 3.8) is 0 Å². The number of aliphatic carboxylic acids is 1. The summed E-state index contributed by atoms with van der Waals surface area (Å²) in [6.45, 7) is 1.24. The van der Waals surface area contributed by atoms with Crippen LogP contribution < -0.4 is 0 Å². The molecule has 0 spiro atoms. The first-order valence-corrected chi connectivity index (χ1v) is 4.52. The van der Waals surface area contributed by atoms with Crippen molar-refractivity contribution < 1.29 is 14.7 Å². The number of nitrogens with zero attached hydrogens (tertiary/aromatic N) is 2. The van der Waals surface area contributed by atoms with Crippen LogP contribution in [0.2, 0.25) is 0 Å². The van der Waals surface area contributed by atoms with Gasteiger partial charge in [0.2, 0.25) is 0 Å². The zero-order chi connectivity index (χ0) is 13.0. The zero-order valence-corrected chi connectivity index (χ0v) is 12.1. The number of carboxylic acids is 1. The maximum atomic E-state index is 9.87. The molecule has 0 aromatic carbocycles. The summed E-state index contributed by atoms with van der Waals surface area (Å²) in [5.74, 6) is -1.37. The smallest absolute Gasteiger partial charge is 0.310 e. The summed E-state index contributed by atoms with van der Waals surface area (Å²) < 4.78 is 0. The molecular weight excluding hydrogens is 232 g/mol. The summed E-state index contributed by atoms with van der Waals surface area (Å²) in [7, 11) is 12.0. The van der Waals surface area contributed by atoms with Gasteiger partial charge < -0.3 is 14.9 Å². The fraction of sp³-hybridized carbons (Fsp3) is 0.800. The third-order valence-corrected chi connectivity index (χ3v) is 0.400. The molecule has 0 saturated carbocycles.